The number of hydrogen-bond donors (Lipinski definition) is 0. The first-order valence-electron chi connectivity index (χ1n) is 10.2. The molecular weight excluding hydrogens is 350 g/mol. The van der Waals surface area contributed by atoms with Gasteiger partial charge < -0.3 is 4.90 Å². The molecule has 0 bridgehead atoms. The van der Waals surface area contributed by atoms with E-state index >= 15 is 0 Å². The number of pyridine rings is 1. The van der Waals surface area contributed by atoms with E-state index in [9.17, 15) is 4.79 Å². The van der Waals surface area contributed by atoms with Gasteiger partial charge in [-0.15, -0.1) is 0 Å². The summed E-state index contributed by atoms with van der Waals surface area (Å²) in [5.74, 6) is 0.241. The van der Waals surface area contributed by atoms with Crippen LogP contribution in [0.2, 0.25) is 0 Å². The van der Waals surface area contributed by atoms with Gasteiger partial charge >= 0.3 is 0 Å². The minimum atomic E-state index is 0.189. The van der Waals surface area contributed by atoms with E-state index in [-0.39, 0.29) is 11.3 Å². The molecule has 1 amide bonds. The van der Waals surface area contributed by atoms with Gasteiger partial charge in [0.2, 0.25) is 5.91 Å². The van der Waals surface area contributed by atoms with Crippen LogP contribution in [0.1, 0.15) is 48.5 Å². The number of aromatic nitrogens is 3. The Balaban J connectivity index is 1.44. The second-order valence-corrected chi connectivity index (χ2v) is 8.48. The molecule has 6 nitrogen and oxygen atoms in total. The number of piperidine rings is 2. The molecule has 1 atom stereocenters. The van der Waals surface area contributed by atoms with Crippen molar-refractivity contribution in [2.45, 2.75) is 52.6 Å². The van der Waals surface area contributed by atoms with E-state index in [1.54, 1.807) is 12.4 Å². The van der Waals surface area contributed by atoms with Crippen LogP contribution in [0.15, 0.2) is 30.6 Å². The van der Waals surface area contributed by atoms with Crippen LogP contribution < -0.4 is 0 Å². The first-order chi connectivity index (χ1) is 13.5. The molecule has 2 saturated heterocycles. The smallest absolute Gasteiger partial charge is 0.222 e. The maximum atomic E-state index is 12.6. The Kier molecular flexibility index (Phi) is 5.40. The van der Waals surface area contributed by atoms with Crippen LogP contribution in [0.4, 0.5) is 0 Å². The molecule has 148 valence electrons. The number of hydrogen-bond acceptors (Lipinski definition) is 5. The predicted octanol–water partition coefficient (Wildman–Crippen LogP) is 2.89. The van der Waals surface area contributed by atoms with E-state index in [4.69, 9.17) is 0 Å². The summed E-state index contributed by atoms with van der Waals surface area (Å²) in [6, 6.07) is 6.24. The minimum absolute atomic E-state index is 0.189. The largest absolute Gasteiger partial charge is 0.336 e. The van der Waals surface area contributed by atoms with Gasteiger partial charge in [-0.25, -0.2) is 0 Å². The molecule has 0 saturated carbocycles. The third-order valence-corrected chi connectivity index (χ3v) is 6.01. The molecule has 2 aromatic heterocycles. The molecule has 6 heteroatoms. The van der Waals surface area contributed by atoms with Crippen molar-refractivity contribution in [3.05, 3.63) is 53.4 Å². The lowest BCUT2D eigenvalue weighted by Crippen LogP contribution is -2.53. The van der Waals surface area contributed by atoms with Crippen molar-refractivity contribution in [2.24, 2.45) is 5.41 Å². The fourth-order valence-electron chi connectivity index (χ4n) is 4.64. The highest BCUT2D eigenvalue weighted by molar-refractivity contribution is 5.77. The number of carbonyl (C=O) groups excluding carboxylic acids is 1. The summed E-state index contributed by atoms with van der Waals surface area (Å²) in [5, 5.41) is 0. The van der Waals surface area contributed by atoms with Crippen molar-refractivity contribution < 1.29 is 4.79 Å². The van der Waals surface area contributed by atoms with E-state index in [0.717, 1.165) is 55.4 Å². The molecule has 1 spiro atoms. The summed E-state index contributed by atoms with van der Waals surface area (Å²) in [7, 11) is 0. The highest BCUT2D eigenvalue weighted by Crippen LogP contribution is 2.39. The molecule has 2 fully saturated rings. The van der Waals surface area contributed by atoms with Crippen LogP contribution in [0.5, 0.6) is 0 Å². The Morgan fingerprint density at radius 1 is 1.00 bits per heavy atom. The quantitative estimate of drug-likeness (QED) is 0.817. The standard InChI is InChI=1S/C22H29N5O/c1-17-5-3-6-19(25-17)13-26-10-4-8-22(15-26)9-7-21(28)27(16-22)14-20-12-23-18(2)11-24-20/h3,5-6,11-12H,4,7-10,13-16H2,1-2H3. The molecule has 0 aromatic carbocycles. The minimum Gasteiger partial charge on any atom is -0.336 e. The second-order valence-electron chi connectivity index (χ2n) is 8.48. The van der Waals surface area contributed by atoms with Crippen molar-refractivity contribution in [1.82, 2.24) is 24.8 Å². The van der Waals surface area contributed by atoms with Gasteiger partial charge in [-0.05, 0) is 51.8 Å². The number of nitrogens with zero attached hydrogens (tertiary/aromatic N) is 5. The van der Waals surface area contributed by atoms with Crippen molar-refractivity contribution in [1.29, 1.82) is 0 Å². The second kappa shape index (κ2) is 7.95. The summed E-state index contributed by atoms with van der Waals surface area (Å²) in [6.45, 7) is 8.38. The van der Waals surface area contributed by atoms with Crippen molar-refractivity contribution >= 4 is 5.91 Å². The zero-order valence-electron chi connectivity index (χ0n) is 16.9. The molecule has 4 heterocycles. The SMILES string of the molecule is Cc1cnc(CN2CC3(CCCN(Cc4cccc(C)n4)C3)CCC2=O)cn1. The summed E-state index contributed by atoms with van der Waals surface area (Å²) in [5.41, 5.74) is 4.16. The molecule has 28 heavy (non-hydrogen) atoms. The lowest BCUT2D eigenvalue weighted by molar-refractivity contribution is -0.140. The highest BCUT2D eigenvalue weighted by atomic mass is 16.2. The maximum Gasteiger partial charge on any atom is 0.222 e. The Bertz CT molecular complexity index is 837. The van der Waals surface area contributed by atoms with Gasteiger partial charge in [-0.2, -0.15) is 0 Å². The average molecular weight is 380 g/mol. The van der Waals surface area contributed by atoms with Crippen LogP contribution >= 0.6 is 0 Å². The maximum absolute atomic E-state index is 12.6. The van der Waals surface area contributed by atoms with Crippen LogP contribution in [-0.4, -0.2) is 50.3 Å². The van der Waals surface area contributed by atoms with E-state index in [0.29, 0.717) is 13.0 Å². The van der Waals surface area contributed by atoms with Crippen molar-refractivity contribution in [2.75, 3.05) is 19.6 Å². The summed E-state index contributed by atoms with van der Waals surface area (Å²) in [4.78, 5) is 30.5. The fourth-order valence-corrected chi connectivity index (χ4v) is 4.64. The van der Waals surface area contributed by atoms with Gasteiger partial charge in [-0.1, -0.05) is 6.07 Å². The van der Waals surface area contributed by atoms with Crippen LogP contribution in [-0.2, 0) is 17.9 Å². The fraction of sp³-hybridized carbons (Fsp3) is 0.545. The zero-order chi connectivity index (χ0) is 19.6. The molecule has 0 aliphatic carbocycles. The molecule has 2 aliphatic heterocycles. The van der Waals surface area contributed by atoms with Gasteiger partial charge in [0.05, 0.1) is 29.8 Å². The van der Waals surface area contributed by atoms with Crippen molar-refractivity contribution in [3.63, 3.8) is 0 Å². The molecule has 0 N–H and O–H groups in total. The third-order valence-electron chi connectivity index (χ3n) is 6.01. The number of likely N-dealkylation sites (tertiary alicyclic amines) is 2. The number of rotatable bonds is 4. The Labute approximate surface area is 167 Å². The van der Waals surface area contributed by atoms with Gasteiger partial charge in [-0.3, -0.25) is 24.6 Å². The highest BCUT2D eigenvalue weighted by Gasteiger charge is 2.41. The summed E-state index contributed by atoms with van der Waals surface area (Å²) < 4.78 is 0. The van der Waals surface area contributed by atoms with E-state index in [1.165, 1.54) is 12.8 Å². The lowest BCUT2D eigenvalue weighted by atomic mass is 9.73. The summed E-state index contributed by atoms with van der Waals surface area (Å²) in [6.07, 6.45) is 7.55. The van der Waals surface area contributed by atoms with Gasteiger partial charge in [0, 0.05) is 43.4 Å². The molecule has 4 rings (SSSR count). The summed E-state index contributed by atoms with van der Waals surface area (Å²) >= 11 is 0. The molecule has 1 unspecified atom stereocenters. The van der Waals surface area contributed by atoms with Crippen LogP contribution in [0.3, 0.4) is 0 Å². The van der Waals surface area contributed by atoms with E-state index in [1.807, 2.05) is 24.8 Å². The molecular formula is C22H29N5O. The van der Waals surface area contributed by atoms with Crippen molar-refractivity contribution in [3.8, 4) is 0 Å². The van der Waals surface area contributed by atoms with Gasteiger partial charge in [0.1, 0.15) is 0 Å². The molecule has 0 radical (unpaired) electrons. The molecule has 2 aliphatic rings. The monoisotopic (exact) mass is 379 g/mol. The first-order valence-corrected chi connectivity index (χ1v) is 10.2. The Morgan fingerprint density at radius 3 is 2.68 bits per heavy atom. The zero-order valence-corrected chi connectivity index (χ0v) is 16.9. The normalized spacial score (nSPS) is 23.4. The lowest BCUT2D eigenvalue weighted by Gasteiger charge is -2.48. The van der Waals surface area contributed by atoms with E-state index < -0.39 is 0 Å². The number of amides is 1. The topological polar surface area (TPSA) is 62.2 Å². The van der Waals surface area contributed by atoms with Crippen LogP contribution in [0.25, 0.3) is 0 Å². The van der Waals surface area contributed by atoms with E-state index in [2.05, 4.69) is 32.0 Å². The number of carbonyl (C=O) groups is 1. The molecule has 2 aromatic rings. The van der Waals surface area contributed by atoms with Gasteiger partial charge in [0.25, 0.3) is 0 Å². The predicted molar refractivity (Wildman–Crippen MR) is 107 cm³/mol. The van der Waals surface area contributed by atoms with Crippen LogP contribution in [0, 0.1) is 19.3 Å². The Morgan fingerprint density at radius 2 is 1.89 bits per heavy atom. The average Bonchev–Trinajstić information content (AvgIpc) is 2.67. The first kappa shape index (κ1) is 19.0. The van der Waals surface area contributed by atoms with Gasteiger partial charge in [0.15, 0.2) is 0 Å². The Hall–Kier alpha value is -2.34. The third kappa shape index (κ3) is 4.38. The number of aryl methyl sites for hydroxylation is 2.